The highest BCUT2D eigenvalue weighted by atomic mass is 19.1. The summed E-state index contributed by atoms with van der Waals surface area (Å²) in [5, 5.41) is 9.41. The van der Waals surface area contributed by atoms with Crippen LogP contribution in [0.1, 0.15) is 32.8 Å². The molecule has 0 saturated carbocycles. The summed E-state index contributed by atoms with van der Waals surface area (Å²) >= 11 is 0. The van der Waals surface area contributed by atoms with Gasteiger partial charge in [0.1, 0.15) is 11.4 Å². The van der Waals surface area contributed by atoms with Crippen molar-refractivity contribution in [2.45, 2.75) is 38.8 Å². The Morgan fingerprint density at radius 1 is 1.26 bits per heavy atom. The Morgan fingerprint density at radius 3 is 2.39 bits per heavy atom. The number of carbonyl (C=O) groups is 2. The largest absolute Gasteiger partial charge is 0.479 e. The SMILES string of the molecule is CC(C)(C)OC(=O)N1CCC(c2ccc(F)cc2)=C[C@H]1C(=O)O. The van der Waals surface area contributed by atoms with Crippen molar-refractivity contribution >= 4 is 17.6 Å². The second kappa shape index (κ2) is 6.40. The molecule has 1 heterocycles. The quantitative estimate of drug-likeness (QED) is 0.907. The molecule has 0 aromatic heterocycles. The van der Waals surface area contributed by atoms with E-state index in [-0.39, 0.29) is 12.4 Å². The summed E-state index contributed by atoms with van der Waals surface area (Å²) < 4.78 is 18.3. The molecule has 5 nitrogen and oxygen atoms in total. The lowest BCUT2D eigenvalue weighted by Crippen LogP contribution is -2.48. The minimum Gasteiger partial charge on any atom is -0.479 e. The van der Waals surface area contributed by atoms with Gasteiger partial charge in [-0.1, -0.05) is 12.1 Å². The first-order chi connectivity index (χ1) is 10.7. The van der Waals surface area contributed by atoms with E-state index in [4.69, 9.17) is 4.74 Å². The second-order valence-corrected chi connectivity index (χ2v) is 6.41. The third kappa shape index (κ3) is 4.31. The minimum absolute atomic E-state index is 0.231. The van der Waals surface area contributed by atoms with Crippen molar-refractivity contribution in [3.63, 3.8) is 0 Å². The molecule has 1 amide bonds. The number of aliphatic carboxylic acids is 1. The first kappa shape index (κ1) is 17.0. The van der Waals surface area contributed by atoms with Crippen molar-refractivity contribution in [1.29, 1.82) is 0 Å². The van der Waals surface area contributed by atoms with Crippen molar-refractivity contribution in [3.05, 3.63) is 41.7 Å². The molecule has 6 heteroatoms. The normalized spacial score (nSPS) is 18.3. The van der Waals surface area contributed by atoms with E-state index in [0.29, 0.717) is 6.42 Å². The molecule has 0 radical (unpaired) electrons. The zero-order valence-electron chi connectivity index (χ0n) is 13.4. The van der Waals surface area contributed by atoms with Crippen molar-refractivity contribution in [1.82, 2.24) is 4.90 Å². The van der Waals surface area contributed by atoms with Gasteiger partial charge >= 0.3 is 12.1 Å². The Bertz CT molecular complexity index is 631. The van der Waals surface area contributed by atoms with E-state index < -0.39 is 23.7 Å². The molecular weight excluding hydrogens is 301 g/mol. The lowest BCUT2D eigenvalue weighted by Gasteiger charge is -2.33. The fraction of sp³-hybridized carbons (Fsp3) is 0.412. The van der Waals surface area contributed by atoms with E-state index in [9.17, 15) is 19.1 Å². The zero-order valence-corrected chi connectivity index (χ0v) is 13.4. The van der Waals surface area contributed by atoms with Gasteiger partial charge in [0.2, 0.25) is 0 Å². The van der Waals surface area contributed by atoms with Crippen LogP contribution in [0.4, 0.5) is 9.18 Å². The number of rotatable bonds is 2. The van der Waals surface area contributed by atoms with Gasteiger partial charge in [0, 0.05) is 6.54 Å². The molecule has 124 valence electrons. The molecule has 0 bridgehead atoms. The molecule has 2 rings (SSSR count). The Balaban J connectivity index is 2.25. The highest BCUT2D eigenvalue weighted by Gasteiger charge is 2.34. The molecule has 0 unspecified atom stereocenters. The van der Waals surface area contributed by atoms with Crippen LogP contribution >= 0.6 is 0 Å². The van der Waals surface area contributed by atoms with Crippen LogP contribution in [0.5, 0.6) is 0 Å². The number of hydrogen-bond donors (Lipinski definition) is 1. The van der Waals surface area contributed by atoms with Crippen molar-refractivity contribution < 1.29 is 23.8 Å². The van der Waals surface area contributed by atoms with Gasteiger partial charge < -0.3 is 9.84 Å². The van der Waals surface area contributed by atoms with Crippen LogP contribution < -0.4 is 0 Å². The van der Waals surface area contributed by atoms with Crippen molar-refractivity contribution in [2.24, 2.45) is 0 Å². The Morgan fingerprint density at radius 2 is 1.87 bits per heavy atom. The molecular formula is C17H20FNO4. The smallest absolute Gasteiger partial charge is 0.411 e. The van der Waals surface area contributed by atoms with Gasteiger partial charge in [-0.15, -0.1) is 0 Å². The summed E-state index contributed by atoms with van der Waals surface area (Å²) in [6, 6.07) is 4.75. The monoisotopic (exact) mass is 321 g/mol. The van der Waals surface area contributed by atoms with Gasteiger partial charge in [0.05, 0.1) is 0 Å². The maximum Gasteiger partial charge on any atom is 0.411 e. The fourth-order valence-electron chi connectivity index (χ4n) is 2.38. The summed E-state index contributed by atoms with van der Waals surface area (Å²) in [6.07, 6.45) is 1.34. The third-order valence-corrected chi connectivity index (χ3v) is 3.41. The van der Waals surface area contributed by atoms with Crippen LogP contribution in [-0.2, 0) is 9.53 Å². The molecule has 0 aliphatic carbocycles. The van der Waals surface area contributed by atoms with Crippen LogP contribution in [-0.4, -0.2) is 40.3 Å². The lowest BCUT2D eigenvalue weighted by molar-refractivity contribution is -0.141. The van der Waals surface area contributed by atoms with E-state index >= 15 is 0 Å². The third-order valence-electron chi connectivity index (χ3n) is 3.41. The van der Waals surface area contributed by atoms with Crippen LogP contribution in [0.3, 0.4) is 0 Å². The molecule has 1 aliphatic heterocycles. The fourth-order valence-corrected chi connectivity index (χ4v) is 2.38. The summed E-state index contributed by atoms with van der Waals surface area (Å²) in [6.45, 7) is 5.41. The topological polar surface area (TPSA) is 66.8 Å². The summed E-state index contributed by atoms with van der Waals surface area (Å²) in [4.78, 5) is 24.9. The number of ether oxygens (including phenoxy) is 1. The van der Waals surface area contributed by atoms with E-state index in [1.54, 1.807) is 32.9 Å². The summed E-state index contributed by atoms with van der Waals surface area (Å²) in [5.74, 6) is -1.48. The van der Waals surface area contributed by atoms with E-state index in [0.717, 1.165) is 11.1 Å². The number of carbonyl (C=O) groups excluding carboxylic acids is 1. The van der Waals surface area contributed by atoms with Crippen LogP contribution in [0.15, 0.2) is 30.3 Å². The highest BCUT2D eigenvalue weighted by Crippen LogP contribution is 2.27. The van der Waals surface area contributed by atoms with Crippen LogP contribution in [0.25, 0.3) is 5.57 Å². The highest BCUT2D eigenvalue weighted by molar-refractivity contribution is 5.86. The first-order valence-electron chi connectivity index (χ1n) is 7.36. The average molecular weight is 321 g/mol. The average Bonchev–Trinajstić information content (AvgIpc) is 2.45. The number of benzene rings is 1. The molecule has 1 atom stereocenters. The maximum atomic E-state index is 13.0. The standard InChI is InChI=1S/C17H20FNO4/c1-17(2,3)23-16(22)19-9-8-12(10-14(19)15(20)21)11-4-6-13(18)7-5-11/h4-7,10,14H,8-9H2,1-3H3,(H,20,21)/t14-/m0/s1. The number of halogens is 1. The van der Waals surface area contributed by atoms with E-state index in [1.807, 2.05) is 0 Å². The Hall–Kier alpha value is -2.37. The van der Waals surface area contributed by atoms with Gasteiger partial charge in [-0.3, -0.25) is 4.90 Å². The van der Waals surface area contributed by atoms with Crippen molar-refractivity contribution in [2.75, 3.05) is 6.54 Å². The lowest BCUT2D eigenvalue weighted by atomic mass is 9.96. The Labute approximate surface area is 134 Å². The molecule has 1 aliphatic rings. The van der Waals surface area contributed by atoms with Gasteiger partial charge in [-0.2, -0.15) is 0 Å². The van der Waals surface area contributed by atoms with Crippen LogP contribution in [0.2, 0.25) is 0 Å². The van der Waals surface area contributed by atoms with Crippen LogP contribution in [0, 0.1) is 5.82 Å². The predicted octanol–water partition coefficient (Wildman–Crippen LogP) is 3.30. The second-order valence-electron chi connectivity index (χ2n) is 6.41. The first-order valence-corrected chi connectivity index (χ1v) is 7.36. The van der Waals surface area contributed by atoms with Gasteiger partial charge in [0.25, 0.3) is 0 Å². The number of amides is 1. The number of nitrogens with zero attached hydrogens (tertiary/aromatic N) is 1. The number of carboxylic acid groups (broad SMARTS) is 1. The molecule has 1 aromatic carbocycles. The summed E-state index contributed by atoms with van der Waals surface area (Å²) in [7, 11) is 0. The molecule has 0 saturated heterocycles. The van der Waals surface area contributed by atoms with Gasteiger partial charge in [-0.05, 0) is 56.5 Å². The molecule has 1 N–H and O–H groups in total. The predicted molar refractivity (Wildman–Crippen MR) is 83.4 cm³/mol. The summed E-state index contributed by atoms with van der Waals surface area (Å²) in [5.41, 5.74) is 0.833. The zero-order chi connectivity index (χ0) is 17.2. The Kier molecular flexibility index (Phi) is 4.73. The molecule has 0 fully saturated rings. The molecule has 0 spiro atoms. The number of carboxylic acids is 1. The van der Waals surface area contributed by atoms with Gasteiger partial charge in [-0.25, -0.2) is 14.0 Å². The van der Waals surface area contributed by atoms with E-state index in [2.05, 4.69) is 0 Å². The number of hydrogen-bond acceptors (Lipinski definition) is 3. The molecule has 23 heavy (non-hydrogen) atoms. The molecule has 1 aromatic rings. The van der Waals surface area contributed by atoms with E-state index in [1.165, 1.54) is 23.1 Å². The van der Waals surface area contributed by atoms with Crippen molar-refractivity contribution in [3.8, 4) is 0 Å². The maximum absolute atomic E-state index is 13.0. The minimum atomic E-state index is -1.13. The van der Waals surface area contributed by atoms with Gasteiger partial charge in [0.15, 0.2) is 6.04 Å².